The van der Waals surface area contributed by atoms with Crippen LogP contribution in [0, 0.1) is 6.92 Å². The van der Waals surface area contributed by atoms with E-state index in [0.29, 0.717) is 35.7 Å². The molecule has 5 rings (SSSR count). The van der Waals surface area contributed by atoms with Gasteiger partial charge in [-0.2, -0.15) is 0 Å². The van der Waals surface area contributed by atoms with Crippen molar-refractivity contribution >= 4 is 53.9 Å². The standard InChI is InChI=1S/C32H20N2O7/c1-19-12-22(8-10-26(19)30(39)33(18-37)24-6-2-4-20(13-24)16-35)29(38)23-9-11-27-28(15-23)32(41)34(31(27)40)25-7-3-5-21(14-25)17-36/h2-18H,1H3. The van der Waals surface area contributed by atoms with Gasteiger partial charge in [0.15, 0.2) is 5.78 Å². The smallest absolute Gasteiger partial charge is 0.266 e. The summed E-state index contributed by atoms with van der Waals surface area (Å²) in [4.78, 5) is 88.5. The Labute approximate surface area is 233 Å². The van der Waals surface area contributed by atoms with Crippen LogP contribution in [0.2, 0.25) is 0 Å². The Morgan fingerprint density at radius 1 is 0.707 bits per heavy atom. The number of nitrogens with zero attached hydrogens (tertiary/aromatic N) is 2. The highest BCUT2D eigenvalue weighted by molar-refractivity contribution is 6.35. The van der Waals surface area contributed by atoms with Gasteiger partial charge in [-0.05, 0) is 61.0 Å². The van der Waals surface area contributed by atoms with Crippen molar-refractivity contribution in [3.63, 3.8) is 0 Å². The molecule has 4 amide bonds. The first kappa shape index (κ1) is 26.8. The van der Waals surface area contributed by atoms with Crippen LogP contribution in [0.4, 0.5) is 11.4 Å². The van der Waals surface area contributed by atoms with E-state index in [0.717, 1.165) is 9.80 Å². The molecular weight excluding hydrogens is 524 g/mol. The Morgan fingerprint density at radius 3 is 2.02 bits per heavy atom. The largest absolute Gasteiger partial charge is 0.298 e. The summed E-state index contributed by atoms with van der Waals surface area (Å²) in [6.45, 7) is 1.62. The van der Waals surface area contributed by atoms with Crippen molar-refractivity contribution in [1.82, 2.24) is 0 Å². The highest BCUT2D eigenvalue weighted by Gasteiger charge is 2.37. The van der Waals surface area contributed by atoms with Crippen LogP contribution in [-0.2, 0) is 4.79 Å². The van der Waals surface area contributed by atoms with Crippen LogP contribution >= 0.6 is 0 Å². The Bertz CT molecular complexity index is 1810. The van der Waals surface area contributed by atoms with Crippen LogP contribution in [0.3, 0.4) is 0 Å². The van der Waals surface area contributed by atoms with Crippen LogP contribution in [0.1, 0.15) is 73.3 Å². The molecule has 0 fully saturated rings. The molecule has 200 valence electrons. The first-order valence-electron chi connectivity index (χ1n) is 12.3. The van der Waals surface area contributed by atoms with Crippen molar-refractivity contribution in [3.8, 4) is 0 Å². The quantitative estimate of drug-likeness (QED) is 0.182. The van der Waals surface area contributed by atoms with Gasteiger partial charge in [0.25, 0.3) is 17.7 Å². The second kappa shape index (κ2) is 10.7. The minimum absolute atomic E-state index is 0.0556. The predicted octanol–water partition coefficient (Wildman–Crippen LogP) is 4.45. The number of imide groups is 2. The van der Waals surface area contributed by atoms with E-state index in [-0.39, 0.29) is 39.2 Å². The number of aryl methyl sites for hydroxylation is 1. The van der Waals surface area contributed by atoms with Gasteiger partial charge in [0.2, 0.25) is 6.41 Å². The third-order valence-electron chi connectivity index (χ3n) is 6.74. The molecule has 0 atom stereocenters. The van der Waals surface area contributed by atoms with E-state index in [1.807, 2.05) is 0 Å². The number of rotatable bonds is 8. The Morgan fingerprint density at radius 2 is 1.34 bits per heavy atom. The van der Waals surface area contributed by atoms with Gasteiger partial charge in [-0.1, -0.05) is 36.4 Å². The lowest BCUT2D eigenvalue weighted by Gasteiger charge is -2.17. The van der Waals surface area contributed by atoms with Gasteiger partial charge in [0.05, 0.1) is 22.5 Å². The summed E-state index contributed by atoms with van der Waals surface area (Å²) in [5.41, 5.74) is 2.24. The molecule has 1 aliphatic heterocycles. The molecule has 41 heavy (non-hydrogen) atoms. The zero-order valence-corrected chi connectivity index (χ0v) is 21.6. The fourth-order valence-electron chi connectivity index (χ4n) is 4.67. The lowest BCUT2D eigenvalue weighted by molar-refractivity contribution is -0.107. The third-order valence-corrected chi connectivity index (χ3v) is 6.74. The van der Waals surface area contributed by atoms with Crippen molar-refractivity contribution in [2.75, 3.05) is 9.80 Å². The van der Waals surface area contributed by atoms with E-state index in [1.54, 1.807) is 31.2 Å². The molecule has 0 radical (unpaired) electrons. The Kier molecular flexibility index (Phi) is 7.01. The molecule has 4 aromatic rings. The van der Waals surface area contributed by atoms with Crippen molar-refractivity contribution in [2.24, 2.45) is 0 Å². The summed E-state index contributed by atoms with van der Waals surface area (Å²) >= 11 is 0. The minimum Gasteiger partial charge on any atom is -0.298 e. The molecule has 0 spiro atoms. The molecule has 1 heterocycles. The van der Waals surface area contributed by atoms with Crippen LogP contribution in [0.15, 0.2) is 84.9 Å². The number of hydrogen-bond acceptors (Lipinski definition) is 7. The molecule has 0 unspecified atom stereocenters. The molecule has 0 aromatic heterocycles. The van der Waals surface area contributed by atoms with E-state index in [4.69, 9.17) is 0 Å². The SMILES string of the molecule is Cc1cc(C(=O)c2ccc3c(c2)C(=O)N(c2cccc(C=O)c2)C3=O)ccc1C(=O)N(C=O)c1cccc(C=O)c1. The topological polar surface area (TPSA) is 126 Å². The van der Waals surface area contributed by atoms with Gasteiger partial charge in [-0.25, -0.2) is 9.80 Å². The van der Waals surface area contributed by atoms with Gasteiger partial charge in [0, 0.05) is 27.8 Å². The number of anilines is 2. The number of fused-ring (bicyclic) bond motifs is 1. The molecule has 0 saturated carbocycles. The van der Waals surface area contributed by atoms with Crippen LogP contribution in [0.5, 0.6) is 0 Å². The summed E-state index contributed by atoms with van der Waals surface area (Å²) in [5, 5.41) is 0. The highest BCUT2D eigenvalue weighted by Crippen LogP contribution is 2.30. The van der Waals surface area contributed by atoms with E-state index < -0.39 is 23.5 Å². The first-order valence-corrected chi connectivity index (χ1v) is 12.3. The third kappa shape index (κ3) is 4.76. The van der Waals surface area contributed by atoms with E-state index in [1.165, 1.54) is 60.7 Å². The van der Waals surface area contributed by atoms with Crippen LogP contribution < -0.4 is 9.80 Å². The fraction of sp³-hybridized carbons (Fsp3) is 0.0312. The molecular formula is C32H20N2O7. The van der Waals surface area contributed by atoms with Crippen LogP contribution in [0.25, 0.3) is 0 Å². The number of aldehydes is 2. The fourth-order valence-corrected chi connectivity index (χ4v) is 4.67. The second-order valence-corrected chi connectivity index (χ2v) is 9.27. The normalized spacial score (nSPS) is 12.1. The lowest BCUT2D eigenvalue weighted by Crippen LogP contribution is -2.30. The van der Waals surface area contributed by atoms with Crippen molar-refractivity contribution in [2.45, 2.75) is 6.92 Å². The van der Waals surface area contributed by atoms with E-state index >= 15 is 0 Å². The molecule has 0 saturated heterocycles. The number of amides is 4. The highest BCUT2D eigenvalue weighted by atomic mass is 16.2. The first-order chi connectivity index (χ1) is 19.8. The molecule has 0 N–H and O–H groups in total. The minimum atomic E-state index is -0.639. The Hall–Kier alpha value is -5.83. The summed E-state index contributed by atoms with van der Waals surface area (Å²) in [7, 11) is 0. The monoisotopic (exact) mass is 544 g/mol. The molecule has 9 nitrogen and oxygen atoms in total. The molecule has 0 bridgehead atoms. The molecule has 0 aliphatic carbocycles. The van der Waals surface area contributed by atoms with Gasteiger partial charge < -0.3 is 0 Å². The zero-order valence-electron chi connectivity index (χ0n) is 21.6. The van der Waals surface area contributed by atoms with E-state index in [2.05, 4.69) is 0 Å². The van der Waals surface area contributed by atoms with Gasteiger partial charge in [-0.15, -0.1) is 0 Å². The summed E-state index contributed by atoms with van der Waals surface area (Å²) in [5.74, 6) is -2.26. The predicted molar refractivity (Wildman–Crippen MR) is 149 cm³/mol. The number of hydrogen-bond donors (Lipinski definition) is 0. The number of carbonyl (C=O) groups is 7. The van der Waals surface area contributed by atoms with Gasteiger partial charge >= 0.3 is 0 Å². The molecule has 4 aromatic carbocycles. The average molecular weight is 545 g/mol. The average Bonchev–Trinajstić information content (AvgIpc) is 3.25. The summed E-state index contributed by atoms with van der Waals surface area (Å²) in [6, 6.07) is 20.7. The second-order valence-electron chi connectivity index (χ2n) is 9.27. The van der Waals surface area contributed by atoms with E-state index in [9.17, 15) is 33.6 Å². The maximum atomic E-state index is 13.4. The van der Waals surface area contributed by atoms with Gasteiger partial charge in [0.1, 0.15) is 12.6 Å². The zero-order chi connectivity index (χ0) is 29.3. The number of carbonyl (C=O) groups excluding carboxylic acids is 7. The summed E-state index contributed by atoms with van der Waals surface area (Å²) < 4.78 is 0. The molecule has 1 aliphatic rings. The maximum absolute atomic E-state index is 13.4. The van der Waals surface area contributed by atoms with Crippen molar-refractivity contribution in [3.05, 3.63) is 129 Å². The van der Waals surface area contributed by atoms with Crippen molar-refractivity contribution in [1.29, 1.82) is 0 Å². The Balaban J connectivity index is 1.42. The van der Waals surface area contributed by atoms with Crippen molar-refractivity contribution < 1.29 is 33.6 Å². The molecule has 9 heteroatoms. The number of ketones is 1. The number of benzene rings is 4. The van der Waals surface area contributed by atoms with Gasteiger partial charge in [-0.3, -0.25) is 33.6 Å². The maximum Gasteiger partial charge on any atom is 0.266 e. The lowest BCUT2D eigenvalue weighted by atomic mass is 9.96. The summed E-state index contributed by atoms with van der Waals surface area (Å²) in [6.07, 6.45) is 1.57. The van der Waals surface area contributed by atoms with Crippen LogP contribution in [-0.4, -0.2) is 42.5 Å².